The zero-order valence-corrected chi connectivity index (χ0v) is 12.7. The van der Waals surface area contributed by atoms with Crippen molar-refractivity contribution in [2.24, 2.45) is 5.92 Å². The van der Waals surface area contributed by atoms with Gasteiger partial charge in [0.15, 0.2) is 0 Å². The summed E-state index contributed by atoms with van der Waals surface area (Å²) in [5.74, 6) is 1.33. The van der Waals surface area contributed by atoms with Crippen LogP contribution in [0.1, 0.15) is 44.9 Å². The van der Waals surface area contributed by atoms with E-state index in [4.69, 9.17) is 0 Å². The molecule has 1 heterocycles. The molecule has 2 fully saturated rings. The van der Waals surface area contributed by atoms with E-state index in [0.717, 1.165) is 31.4 Å². The van der Waals surface area contributed by atoms with Crippen LogP contribution in [0.3, 0.4) is 0 Å². The van der Waals surface area contributed by atoms with Gasteiger partial charge in [-0.25, -0.2) is 8.42 Å². The minimum absolute atomic E-state index is 0.189. The molecule has 18 heavy (non-hydrogen) atoms. The summed E-state index contributed by atoms with van der Waals surface area (Å²) in [6.45, 7) is 0. The molecule has 0 aromatic heterocycles. The number of aliphatic hydroxyl groups excluding tert-OH is 1. The molecule has 106 valence electrons. The molecule has 0 aromatic carbocycles. The highest BCUT2D eigenvalue weighted by Crippen LogP contribution is 2.37. The predicted octanol–water partition coefficient (Wildman–Crippen LogP) is 2.24. The van der Waals surface area contributed by atoms with E-state index < -0.39 is 9.84 Å². The Labute approximate surface area is 115 Å². The van der Waals surface area contributed by atoms with Crippen LogP contribution in [0, 0.1) is 5.92 Å². The van der Waals surface area contributed by atoms with Crippen LogP contribution in [0.15, 0.2) is 0 Å². The quantitative estimate of drug-likeness (QED) is 0.867. The van der Waals surface area contributed by atoms with Gasteiger partial charge in [-0.15, -0.1) is 0 Å². The molecule has 1 aliphatic carbocycles. The largest absolute Gasteiger partial charge is 0.392 e. The van der Waals surface area contributed by atoms with Gasteiger partial charge in [0.05, 0.1) is 11.4 Å². The topological polar surface area (TPSA) is 54.4 Å². The maximum Gasteiger partial charge on any atom is 0.150 e. The summed E-state index contributed by atoms with van der Waals surface area (Å²) >= 11 is 1.87. The molecule has 1 saturated carbocycles. The van der Waals surface area contributed by atoms with E-state index in [1.807, 2.05) is 11.8 Å². The second-order valence-corrected chi connectivity index (χ2v) is 9.45. The van der Waals surface area contributed by atoms with Gasteiger partial charge in [0.1, 0.15) is 9.84 Å². The molecular weight excluding hydrogens is 268 g/mol. The van der Waals surface area contributed by atoms with Crippen molar-refractivity contribution < 1.29 is 13.5 Å². The monoisotopic (exact) mass is 292 g/mol. The standard InChI is InChI=1S/C13H24O3S2/c1-18(15,16)11-6-4-5-10(9-11)13(14)12-7-2-3-8-17-12/h10-14H,2-9H2,1H3. The lowest BCUT2D eigenvalue weighted by Crippen LogP contribution is -2.38. The number of hydrogen-bond acceptors (Lipinski definition) is 4. The van der Waals surface area contributed by atoms with Crippen LogP contribution in [0.5, 0.6) is 0 Å². The molecule has 3 nitrogen and oxygen atoms in total. The third-order valence-corrected chi connectivity index (χ3v) is 7.46. The summed E-state index contributed by atoms with van der Waals surface area (Å²) in [4.78, 5) is 0. The van der Waals surface area contributed by atoms with Crippen LogP contribution in [-0.4, -0.2) is 42.1 Å². The second-order valence-electron chi connectivity index (χ2n) is 5.77. The van der Waals surface area contributed by atoms with Crippen LogP contribution in [0.4, 0.5) is 0 Å². The van der Waals surface area contributed by atoms with Crippen LogP contribution in [0.2, 0.25) is 0 Å². The Kier molecular flexibility index (Phi) is 5.00. The van der Waals surface area contributed by atoms with Crippen molar-refractivity contribution in [2.45, 2.75) is 61.5 Å². The Morgan fingerprint density at radius 3 is 2.56 bits per heavy atom. The molecule has 5 heteroatoms. The first-order chi connectivity index (χ1) is 8.48. The van der Waals surface area contributed by atoms with E-state index in [1.165, 1.54) is 19.1 Å². The van der Waals surface area contributed by atoms with E-state index in [2.05, 4.69) is 0 Å². The third kappa shape index (κ3) is 3.64. The molecule has 0 bridgehead atoms. The zero-order valence-electron chi connectivity index (χ0n) is 11.0. The molecular formula is C13H24O3S2. The minimum atomic E-state index is -2.94. The first kappa shape index (κ1) is 14.7. The number of rotatable bonds is 3. The highest BCUT2D eigenvalue weighted by atomic mass is 32.2. The van der Waals surface area contributed by atoms with Gasteiger partial charge in [-0.1, -0.05) is 12.8 Å². The van der Waals surface area contributed by atoms with E-state index in [-0.39, 0.29) is 17.3 Å². The number of sulfone groups is 1. The summed E-state index contributed by atoms with van der Waals surface area (Å²) in [6, 6.07) is 0. The van der Waals surface area contributed by atoms with Gasteiger partial charge in [0, 0.05) is 11.5 Å². The molecule has 4 unspecified atom stereocenters. The number of aliphatic hydroxyl groups is 1. The normalized spacial score (nSPS) is 36.2. The summed E-state index contributed by atoms with van der Waals surface area (Å²) < 4.78 is 23.3. The lowest BCUT2D eigenvalue weighted by atomic mass is 9.83. The van der Waals surface area contributed by atoms with Crippen molar-refractivity contribution >= 4 is 21.6 Å². The SMILES string of the molecule is CS(=O)(=O)C1CCCC(C(O)C2CCCCS2)C1. The van der Waals surface area contributed by atoms with Crippen LogP contribution < -0.4 is 0 Å². The molecule has 1 aliphatic heterocycles. The average molecular weight is 292 g/mol. The molecule has 2 rings (SSSR count). The molecule has 0 amide bonds. The fourth-order valence-corrected chi connectivity index (χ4v) is 5.84. The minimum Gasteiger partial charge on any atom is -0.392 e. The zero-order chi connectivity index (χ0) is 13.2. The summed E-state index contributed by atoms with van der Waals surface area (Å²) in [7, 11) is -2.94. The Bertz CT molecular complexity index is 360. The maximum atomic E-state index is 11.6. The first-order valence-electron chi connectivity index (χ1n) is 6.97. The first-order valence-corrected chi connectivity index (χ1v) is 9.97. The predicted molar refractivity (Wildman–Crippen MR) is 76.7 cm³/mol. The molecule has 4 atom stereocenters. The third-order valence-electron chi connectivity index (χ3n) is 4.35. The lowest BCUT2D eigenvalue weighted by Gasteiger charge is -2.36. The van der Waals surface area contributed by atoms with Gasteiger partial charge in [-0.05, 0) is 43.8 Å². The van der Waals surface area contributed by atoms with E-state index >= 15 is 0 Å². The molecule has 1 saturated heterocycles. The summed E-state index contributed by atoms with van der Waals surface area (Å²) in [5, 5.41) is 10.6. The summed E-state index contributed by atoms with van der Waals surface area (Å²) in [6.07, 6.45) is 7.95. The van der Waals surface area contributed by atoms with Crippen molar-refractivity contribution in [3.8, 4) is 0 Å². The smallest absolute Gasteiger partial charge is 0.150 e. The Morgan fingerprint density at radius 1 is 1.17 bits per heavy atom. The highest BCUT2D eigenvalue weighted by molar-refractivity contribution is 8.00. The number of thioether (sulfide) groups is 1. The van der Waals surface area contributed by atoms with Gasteiger partial charge in [-0.3, -0.25) is 0 Å². The van der Waals surface area contributed by atoms with Gasteiger partial charge in [-0.2, -0.15) is 11.8 Å². The molecule has 0 spiro atoms. The lowest BCUT2D eigenvalue weighted by molar-refractivity contribution is 0.0801. The van der Waals surface area contributed by atoms with Crippen LogP contribution in [0.25, 0.3) is 0 Å². The fraction of sp³-hybridized carbons (Fsp3) is 1.00. The molecule has 1 N–H and O–H groups in total. The van der Waals surface area contributed by atoms with Crippen molar-refractivity contribution in [1.82, 2.24) is 0 Å². The van der Waals surface area contributed by atoms with Crippen molar-refractivity contribution in [1.29, 1.82) is 0 Å². The van der Waals surface area contributed by atoms with E-state index in [0.29, 0.717) is 11.7 Å². The fourth-order valence-electron chi connectivity index (χ4n) is 3.22. The van der Waals surface area contributed by atoms with Gasteiger partial charge in [0.25, 0.3) is 0 Å². The van der Waals surface area contributed by atoms with Gasteiger partial charge < -0.3 is 5.11 Å². The average Bonchev–Trinajstić information content (AvgIpc) is 2.38. The van der Waals surface area contributed by atoms with Gasteiger partial charge >= 0.3 is 0 Å². The van der Waals surface area contributed by atoms with Crippen LogP contribution >= 0.6 is 11.8 Å². The van der Waals surface area contributed by atoms with E-state index in [9.17, 15) is 13.5 Å². The Balaban J connectivity index is 1.95. The van der Waals surface area contributed by atoms with Gasteiger partial charge in [0.2, 0.25) is 0 Å². The van der Waals surface area contributed by atoms with Crippen molar-refractivity contribution in [3.63, 3.8) is 0 Å². The van der Waals surface area contributed by atoms with Crippen molar-refractivity contribution in [3.05, 3.63) is 0 Å². The van der Waals surface area contributed by atoms with Crippen molar-refractivity contribution in [2.75, 3.05) is 12.0 Å². The highest BCUT2D eigenvalue weighted by Gasteiger charge is 2.36. The maximum absolute atomic E-state index is 11.6. The van der Waals surface area contributed by atoms with Crippen LogP contribution in [-0.2, 0) is 9.84 Å². The molecule has 0 aromatic rings. The van der Waals surface area contributed by atoms with E-state index in [1.54, 1.807) is 0 Å². The second kappa shape index (κ2) is 6.14. The Hall–Kier alpha value is 0.260. The Morgan fingerprint density at radius 2 is 1.94 bits per heavy atom. The number of hydrogen-bond donors (Lipinski definition) is 1. The summed E-state index contributed by atoms with van der Waals surface area (Å²) in [5.41, 5.74) is 0. The molecule has 0 radical (unpaired) electrons. The molecule has 2 aliphatic rings.